The van der Waals surface area contributed by atoms with Crippen LogP contribution in [-0.2, 0) is 0 Å². The lowest BCUT2D eigenvalue weighted by atomic mass is 10.3. The summed E-state index contributed by atoms with van der Waals surface area (Å²) < 4.78 is 0. The van der Waals surface area contributed by atoms with Gasteiger partial charge >= 0.3 is 0 Å². The second-order valence-corrected chi connectivity index (χ2v) is 2.89. The lowest BCUT2D eigenvalue weighted by molar-refractivity contribution is 0.737. The van der Waals surface area contributed by atoms with Crippen molar-refractivity contribution in [2.24, 2.45) is 10.9 Å². The molecule has 2 heteroatoms. The van der Waals surface area contributed by atoms with Gasteiger partial charge in [-0.3, -0.25) is 4.99 Å². The van der Waals surface area contributed by atoms with Gasteiger partial charge in [0.05, 0.1) is 12.9 Å². The molecule has 84 valence electrons. The summed E-state index contributed by atoms with van der Waals surface area (Å²) in [4.78, 5) is 3.85. The third-order valence-electron chi connectivity index (χ3n) is 0.518. The minimum absolute atomic E-state index is 0.654. The minimum atomic E-state index is 0.654. The molecule has 0 radical (unpaired) electrons. The molecule has 0 unspecified atom stereocenters. The maximum atomic E-state index is 3.85. The van der Waals surface area contributed by atoms with Crippen LogP contribution in [0.4, 0.5) is 0 Å². The molecule has 0 aromatic carbocycles. The number of nitrogens with one attached hydrogen (secondary N) is 1. The maximum Gasteiger partial charge on any atom is 0.0867 e. The standard InChI is InChI=1S/C6H10N2.C4H10.C2H6/c1-3-5-8-6-7-4-2;1-4(2)3;1-2/h3-4,6H,1-2,5H2,(H,7,8);4H,1-3H3;1-2H3. The van der Waals surface area contributed by atoms with Gasteiger partial charge in [0, 0.05) is 0 Å². The van der Waals surface area contributed by atoms with Crippen LogP contribution in [0.2, 0.25) is 0 Å². The molecule has 0 aromatic rings. The van der Waals surface area contributed by atoms with Crippen molar-refractivity contribution in [3.8, 4) is 0 Å². The normalized spacial score (nSPS) is 8.14. The molecule has 0 saturated heterocycles. The number of hydrogen-bond donors (Lipinski definition) is 1. The summed E-state index contributed by atoms with van der Waals surface area (Å²) >= 11 is 0. The summed E-state index contributed by atoms with van der Waals surface area (Å²) in [5.41, 5.74) is 0. The predicted octanol–water partition coefficient (Wildman–Crippen LogP) is 3.62. The van der Waals surface area contributed by atoms with Crippen molar-refractivity contribution in [2.75, 3.05) is 6.54 Å². The Morgan fingerprint density at radius 3 is 1.93 bits per heavy atom. The van der Waals surface area contributed by atoms with E-state index >= 15 is 0 Å². The van der Waals surface area contributed by atoms with Crippen LogP contribution in [0.3, 0.4) is 0 Å². The Labute approximate surface area is 89.8 Å². The molecular formula is C12H26N2. The highest BCUT2D eigenvalue weighted by Crippen LogP contribution is 1.81. The van der Waals surface area contributed by atoms with Gasteiger partial charge in [-0.05, 0) is 12.1 Å². The molecule has 0 saturated carbocycles. The molecule has 0 atom stereocenters. The molecule has 0 aromatic heterocycles. The minimum Gasteiger partial charge on any atom is -0.354 e. The number of hydrogen-bond acceptors (Lipinski definition) is 1. The molecule has 14 heavy (non-hydrogen) atoms. The van der Waals surface area contributed by atoms with E-state index in [-0.39, 0.29) is 0 Å². The molecule has 0 aliphatic carbocycles. The zero-order valence-corrected chi connectivity index (χ0v) is 10.4. The number of rotatable bonds is 4. The van der Waals surface area contributed by atoms with Crippen molar-refractivity contribution in [1.29, 1.82) is 0 Å². The first-order valence-corrected chi connectivity index (χ1v) is 5.11. The van der Waals surface area contributed by atoms with Gasteiger partial charge < -0.3 is 5.32 Å². The number of aliphatic imine (C=N–C) groups is 1. The molecule has 0 bridgehead atoms. The predicted molar refractivity (Wildman–Crippen MR) is 68.7 cm³/mol. The first-order valence-electron chi connectivity index (χ1n) is 5.11. The molecule has 0 aliphatic rings. The maximum absolute atomic E-state index is 3.85. The number of nitrogens with zero attached hydrogens (tertiary/aromatic N) is 1. The monoisotopic (exact) mass is 198 g/mol. The van der Waals surface area contributed by atoms with Crippen LogP contribution in [0, 0.1) is 5.92 Å². The van der Waals surface area contributed by atoms with Crippen molar-refractivity contribution in [3.63, 3.8) is 0 Å². The molecule has 1 N–H and O–H groups in total. The lowest BCUT2D eigenvalue weighted by Gasteiger charge is -1.82. The average molecular weight is 198 g/mol. The molecule has 0 spiro atoms. The summed E-state index contributed by atoms with van der Waals surface area (Å²) in [6, 6.07) is 0. The fourth-order valence-corrected chi connectivity index (χ4v) is 0.233. The SMILES string of the molecule is C=CCN=CNC=C.CC.CC(C)C. The van der Waals surface area contributed by atoms with Crippen LogP contribution in [0.15, 0.2) is 30.4 Å². The summed E-state index contributed by atoms with van der Waals surface area (Å²) in [7, 11) is 0. The zero-order chi connectivity index (χ0) is 11.8. The second kappa shape index (κ2) is 22.7. The Hall–Kier alpha value is -1.05. The average Bonchev–Trinajstić information content (AvgIpc) is 2.15. The molecule has 0 rings (SSSR count). The summed E-state index contributed by atoms with van der Waals surface area (Å²) in [5, 5.41) is 2.71. The third-order valence-corrected chi connectivity index (χ3v) is 0.518. The molecule has 0 fully saturated rings. The molecular weight excluding hydrogens is 172 g/mol. The lowest BCUT2D eigenvalue weighted by Crippen LogP contribution is -1.98. The highest BCUT2D eigenvalue weighted by molar-refractivity contribution is 5.55. The van der Waals surface area contributed by atoms with Crippen LogP contribution in [0.1, 0.15) is 34.6 Å². The van der Waals surface area contributed by atoms with E-state index in [4.69, 9.17) is 0 Å². The van der Waals surface area contributed by atoms with Crippen LogP contribution in [0.25, 0.3) is 0 Å². The highest BCUT2D eigenvalue weighted by Gasteiger charge is 1.68. The van der Waals surface area contributed by atoms with E-state index in [2.05, 4.69) is 44.2 Å². The largest absolute Gasteiger partial charge is 0.354 e. The summed E-state index contributed by atoms with van der Waals surface area (Å²) in [6.07, 6.45) is 4.86. The Morgan fingerprint density at radius 1 is 1.21 bits per heavy atom. The summed E-state index contributed by atoms with van der Waals surface area (Å²) in [6.45, 7) is 18.1. The van der Waals surface area contributed by atoms with Crippen molar-refractivity contribution < 1.29 is 0 Å². The van der Waals surface area contributed by atoms with Crippen LogP contribution < -0.4 is 5.32 Å². The fraction of sp³-hybridized carbons (Fsp3) is 0.583. The van der Waals surface area contributed by atoms with Gasteiger partial charge in [0.15, 0.2) is 0 Å². The van der Waals surface area contributed by atoms with E-state index in [1.165, 1.54) is 0 Å². The van der Waals surface area contributed by atoms with E-state index in [0.29, 0.717) is 6.54 Å². The third kappa shape index (κ3) is 69.5. The van der Waals surface area contributed by atoms with Gasteiger partial charge in [0.1, 0.15) is 0 Å². The molecule has 0 heterocycles. The second-order valence-electron chi connectivity index (χ2n) is 2.89. The Balaban J connectivity index is -0.000000170. The smallest absolute Gasteiger partial charge is 0.0867 e. The van der Waals surface area contributed by atoms with Gasteiger partial charge in [-0.25, -0.2) is 0 Å². The van der Waals surface area contributed by atoms with E-state index in [0.717, 1.165) is 5.92 Å². The molecule has 0 amide bonds. The van der Waals surface area contributed by atoms with E-state index in [1.54, 1.807) is 18.6 Å². The Bertz CT molecular complexity index is 112. The van der Waals surface area contributed by atoms with Crippen LogP contribution in [0.5, 0.6) is 0 Å². The first-order chi connectivity index (χ1) is 6.65. The van der Waals surface area contributed by atoms with Gasteiger partial charge in [-0.2, -0.15) is 0 Å². The van der Waals surface area contributed by atoms with Gasteiger partial charge in [0.25, 0.3) is 0 Å². The van der Waals surface area contributed by atoms with Gasteiger partial charge in [-0.15, -0.1) is 6.58 Å². The van der Waals surface area contributed by atoms with Crippen molar-refractivity contribution in [2.45, 2.75) is 34.6 Å². The van der Waals surface area contributed by atoms with Crippen LogP contribution >= 0.6 is 0 Å². The van der Waals surface area contributed by atoms with E-state index < -0.39 is 0 Å². The van der Waals surface area contributed by atoms with Crippen molar-refractivity contribution in [3.05, 3.63) is 25.4 Å². The summed E-state index contributed by atoms with van der Waals surface area (Å²) in [5.74, 6) is 0.833. The highest BCUT2D eigenvalue weighted by atomic mass is 14.9. The van der Waals surface area contributed by atoms with Crippen molar-refractivity contribution >= 4 is 6.34 Å². The van der Waals surface area contributed by atoms with Crippen molar-refractivity contribution in [1.82, 2.24) is 5.32 Å². The Kier molecular flexibility index (Phi) is 30.2. The topological polar surface area (TPSA) is 24.4 Å². The van der Waals surface area contributed by atoms with Gasteiger partial charge in [-0.1, -0.05) is 47.3 Å². The zero-order valence-electron chi connectivity index (χ0n) is 10.4. The fourth-order valence-electron chi connectivity index (χ4n) is 0.233. The van der Waals surface area contributed by atoms with Crippen LogP contribution in [-0.4, -0.2) is 12.9 Å². The first kappa shape index (κ1) is 18.7. The molecule has 2 nitrogen and oxygen atoms in total. The quantitative estimate of drug-likeness (QED) is 0.416. The van der Waals surface area contributed by atoms with Gasteiger partial charge in [0.2, 0.25) is 0 Å². The molecule has 0 aliphatic heterocycles. The van der Waals surface area contributed by atoms with E-state index in [1.807, 2.05) is 13.8 Å². The Morgan fingerprint density at radius 2 is 1.64 bits per heavy atom. The van der Waals surface area contributed by atoms with E-state index in [9.17, 15) is 0 Å².